The molecule has 0 aromatic rings. The summed E-state index contributed by atoms with van der Waals surface area (Å²) in [6.45, 7) is 5.23. The van der Waals surface area contributed by atoms with Gasteiger partial charge < -0.3 is 11.1 Å². The van der Waals surface area contributed by atoms with Crippen molar-refractivity contribution in [2.75, 3.05) is 13.6 Å². The molecular weight excluding hydrogens is 136 g/mol. The van der Waals surface area contributed by atoms with Crippen molar-refractivity contribution in [2.24, 2.45) is 11.7 Å². The van der Waals surface area contributed by atoms with Gasteiger partial charge in [0.1, 0.15) is 0 Å². The summed E-state index contributed by atoms with van der Waals surface area (Å²) in [5.41, 5.74) is 5.65. The molecule has 2 atom stereocenters. The minimum absolute atomic E-state index is 0.620. The van der Waals surface area contributed by atoms with Crippen molar-refractivity contribution in [1.82, 2.24) is 5.32 Å². The first-order valence-corrected chi connectivity index (χ1v) is 4.67. The van der Waals surface area contributed by atoms with Crippen LogP contribution in [0.4, 0.5) is 0 Å². The Morgan fingerprint density at radius 1 is 1.36 bits per heavy atom. The summed E-state index contributed by atoms with van der Waals surface area (Å²) in [5, 5.41) is 3.32. The number of nitrogens with one attached hydrogen (secondary N) is 1. The summed E-state index contributed by atoms with van der Waals surface area (Å²) in [6, 6.07) is 0.620. The van der Waals surface area contributed by atoms with Crippen LogP contribution < -0.4 is 11.1 Å². The largest absolute Gasteiger partial charge is 0.330 e. The van der Waals surface area contributed by atoms with Crippen molar-refractivity contribution < 1.29 is 0 Å². The zero-order valence-corrected chi connectivity index (χ0v) is 8.06. The molecule has 3 N–H and O–H groups in total. The maximum absolute atomic E-state index is 5.65. The van der Waals surface area contributed by atoms with Crippen LogP contribution in [0.5, 0.6) is 0 Å². The molecule has 0 saturated carbocycles. The van der Waals surface area contributed by atoms with Crippen molar-refractivity contribution >= 4 is 0 Å². The van der Waals surface area contributed by atoms with E-state index in [1.54, 1.807) is 0 Å². The zero-order valence-electron chi connectivity index (χ0n) is 8.06. The fourth-order valence-corrected chi connectivity index (χ4v) is 1.54. The summed E-state index contributed by atoms with van der Waals surface area (Å²) < 4.78 is 0. The molecule has 0 aliphatic heterocycles. The van der Waals surface area contributed by atoms with Gasteiger partial charge in [0.2, 0.25) is 0 Å². The van der Waals surface area contributed by atoms with Crippen LogP contribution >= 0.6 is 0 Å². The fraction of sp³-hybridized carbons (Fsp3) is 1.00. The molecule has 0 heterocycles. The molecule has 2 heteroatoms. The lowest BCUT2D eigenvalue weighted by Gasteiger charge is -2.23. The van der Waals surface area contributed by atoms with Gasteiger partial charge in [-0.2, -0.15) is 0 Å². The molecule has 0 aromatic heterocycles. The van der Waals surface area contributed by atoms with Crippen LogP contribution in [0.15, 0.2) is 0 Å². The molecule has 0 fully saturated rings. The Kier molecular flexibility index (Phi) is 6.57. The second-order valence-electron chi connectivity index (χ2n) is 3.09. The van der Waals surface area contributed by atoms with E-state index in [1.807, 2.05) is 7.05 Å². The Bertz CT molecular complexity index is 79.6. The topological polar surface area (TPSA) is 38.0 Å². The zero-order chi connectivity index (χ0) is 8.69. The normalized spacial score (nSPS) is 16.4. The van der Waals surface area contributed by atoms with Gasteiger partial charge in [0.15, 0.2) is 0 Å². The van der Waals surface area contributed by atoms with Crippen molar-refractivity contribution in [3.05, 3.63) is 0 Å². The number of hydrogen-bond donors (Lipinski definition) is 2. The van der Waals surface area contributed by atoms with Crippen molar-refractivity contribution in [3.8, 4) is 0 Å². The summed E-state index contributed by atoms with van der Waals surface area (Å²) in [7, 11) is 2.03. The Balaban J connectivity index is 3.76. The van der Waals surface area contributed by atoms with Gasteiger partial charge in [-0.25, -0.2) is 0 Å². The van der Waals surface area contributed by atoms with E-state index >= 15 is 0 Å². The van der Waals surface area contributed by atoms with Crippen molar-refractivity contribution in [3.63, 3.8) is 0 Å². The smallest absolute Gasteiger partial charge is 0.0104 e. The quantitative estimate of drug-likeness (QED) is 0.612. The average molecular weight is 158 g/mol. The lowest BCUT2D eigenvalue weighted by atomic mass is 9.94. The predicted octanol–water partition coefficient (Wildman–Crippen LogP) is 1.36. The molecule has 0 radical (unpaired) electrons. The molecule has 0 unspecified atom stereocenters. The van der Waals surface area contributed by atoms with Crippen molar-refractivity contribution in [1.29, 1.82) is 0 Å². The molecule has 0 aliphatic rings. The molecule has 0 saturated heterocycles. The third-order valence-electron chi connectivity index (χ3n) is 2.37. The summed E-state index contributed by atoms with van der Waals surface area (Å²) in [4.78, 5) is 0. The van der Waals surface area contributed by atoms with E-state index in [4.69, 9.17) is 5.73 Å². The first kappa shape index (κ1) is 10.9. The lowest BCUT2D eigenvalue weighted by Crippen LogP contribution is -2.37. The van der Waals surface area contributed by atoms with Crippen LogP contribution in [-0.4, -0.2) is 19.6 Å². The van der Waals surface area contributed by atoms with Gasteiger partial charge in [0.05, 0.1) is 0 Å². The lowest BCUT2D eigenvalue weighted by molar-refractivity contribution is 0.348. The third kappa shape index (κ3) is 3.73. The summed E-state index contributed by atoms with van der Waals surface area (Å²) in [5.74, 6) is 0.653. The maximum Gasteiger partial charge on any atom is 0.0104 e. The van der Waals surface area contributed by atoms with Gasteiger partial charge in [-0.3, -0.25) is 0 Å². The molecule has 68 valence electrons. The van der Waals surface area contributed by atoms with Gasteiger partial charge in [0.25, 0.3) is 0 Å². The summed E-state index contributed by atoms with van der Waals surface area (Å²) in [6.07, 6.45) is 3.66. The van der Waals surface area contributed by atoms with Crippen LogP contribution in [-0.2, 0) is 0 Å². The maximum atomic E-state index is 5.65. The van der Waals surface area contributed by atoms with E-state index in [-0.39, 0.29) is 0 Å². The van der Waals surface area contributed by atoms with Crippen LogP contribution in [0.25, 0.3) is 0 Å². The third-order valence-corrected chi connectivity index (χ3v) is 2.37. The predicted molar refractivity (Wildman–Crippen MR) is 50.6 cm³/mol. The Hall–Kier alpha value is -0.0800. The SMILES string of the molecule is CCC[C@@H](NC)[C@H](CC)CN. The molecule has 0 aromatic carbocycles. The van der Waals surface area contributed by atoms with Gasteiger partial charge >= 0.3 is 0 Å². The number of nitrogens with two attached hydrogens (primary N) is 1. The van der Waals surface area contributed by atoms with Gasteiger partial charge in [-0.1, -0.05) is 26.7 Å². The molecule has 0 spiro atoms. The first-order valence-electron chi connectivity index (χ1n) is 4.67. The highest BCUT2D eigenvalue weighted by Crippen LogP contribution is 2.11. The van der Waals surface area contributed by atoms with Crippen LogP contribution in [0.3, 0.4) is 0 Å². The molecule has 2 nitrogen and oxygen atoms in total. The Morgan fingerprint density at radius 3 is 2.27 bits per heavy atom. The number of rotatable bonds is 6. The van der Waals surface area contributed by atoms with Gasteiger partial charge in [0, 0.05) is 6.04 Å². The monoisotopic (exact) mass is 158 g/mol. The van der Waals surface area contributed by atoms with E-state index in [2.05, 4.69) is 19.2 Å². The van der Waals surface area contributed by atoms with E-state index in [9.17, 15) is 0 Å². The average Bonchev–Trinajstić information content (AvgIpc) is 2.05. The standard InChI is InChI=1S/C9H22N2/c1-4-6-9(11-3)8(5-2)7-10/h8-9,11H,4-7,10H2,1-3H3/t8-,9-/m1/s1. The molecular formula is C9H22N2. The minimum Gasteiger partial charge on any atom is -0.330 e. The molecule has 11 heavy (non-hydrogen) atoms. The van der Waals surface area contributed by atoms with Crippen LogP contribution in [0.1, 0.15) is 33.1 Å². The number of hydrogen-bond acceptors (Lipinski definition) is 2. The van der Waals surface area contributed by atoms with E-state index in [1.165, 1.54) is 19.3 Å². The Labute approximate surface area is 70.5 Å². The van der Waals surface area contributed by atoms with E-state index in [0.717, 1.165) is 6.54 Å². The highest BCUT2D eigenvalue weighted by atomic mass is 14.9. The molecule has 0 aliphatic carbocycles. The molecule has 0 rings (SSSR count). The summed E-state index contributed by atoms with van der Waals surface area (Å²) >= 11 is 0. The highest BCUT2D eigenvalue weighted by Gasteiger charge is 2.14. The van der Waals surface area contributed by atoms with E-state index < -0.39 is 0 Å². The fourth-order valence-electron chi connectivity index (χ4n) is 1.54. The van der Waals surface area contributed by atoms with Gasteiger partial charge in [-0.05, 0) is 25.9 Å². The first-order chi connectivity index (χ1) is 5.29. The Morgan fingerprint density at radius 2 is 2.00 bits per heavy atom. The second kappa shape index (κ2) is 6.62. The van der Waals surface area contributed by atoms with Crippen LogP contribution in [0.2, 0.25) is 0 Å². The second-order valence-corrected chi connectivity index (χ2v) is 3.09. The molecule has 0 bridgehead atoms. The highest BCUT2D eigenvalue weighted by molar-refractivity contribution is 4.74. The van der Waals surface area contributed by atoms with E-state index in [0.29, 0.717) is 12.0 Å². The van der Waals surface area contributed by atoms with Gasteiger partial charge in [-0.15, -0.1) is 0 Å². The minimum atomic E-state index is 0.620. The molecule has 0 amide bonds. The van der Waals surface area contributed by atoms with Crippen LogP contribution in [0, 0.1) is 5.92 Å². The van der Waals surface area contributed by atoms with Crippen molar-refractivity contribution in [2.45, 2.75) is 39.2 Å².